The summed E-state index contributed by atoms with van der Waals surface area (Å²) in [6.07, 6.45) is 5.39. The minimum atomic E-state index is -0.0410. The summed E-state index contributed by atoms with van der Waals surface area (Å²) in [4.78, 5) is 21.8. The van der Waals surface area contributed by atoms with Gasteiger partial charge in [0.1, 0.15) is 5.69 Å². The lowest BCUT2D eigenvalue weighted by Gasteiger charge is -2.08. The van der Waals surface area contributed by atoms with Gasteiger partial charge in [0, 0.05) is 36.4 Å². The second kappa shape index (κ2) is 6.86. The second-order valence-corrected chi connectivity index (χ2v) is 6.65. The monoisotopic (exact) mass is 348 g/mol. The molecule has 0 fully saturated rings. The number of hydrogen-bond donors (Lipinski definition) is 1. The van der Waals surface area contributed by atoms with E-state index in [2.05, 4.69) is 15.3 Å². The molecule has 0 unspecified atom stereocenters. The molecule has 0 saturated heterocycles. The van der Waals surface area contributed by atoms with Gasteiger partial charge in [-0.3, -0.25) is 9.78 Å². The number of carbonyl (C=O) groups excluding carboxylic acids is 1. The van der Waals surface area contributed by atoms with Crippen LogP contribution in [0.4, 0.5) is 0 Å². The Kier molecular flexibility index (Phi) is 4.26. The molecule has 0 aliphatic rings. The number of benzene rings is 1. The SMILES string of the molecule is O=C(NCCn1ccnc1-c1ccccn1)c1cc2ccccc2s1. The van der Waals surface area contributed by atoms with Gasteiger partial charge in [-0.15, -0.1) is 11.3 Å². The fraction of sp³-hybridized carbons (Fsp3) is 0.105. The second-order valence-electron chi connectivity index (χ2n) is 5.56. The first kappa shape index (κ1) is 15.5. The van der Waals surface area contributed by atoms with Crippen molar-refractivity contribution in [2.75, 3.05) is 6.54 Å². The average molecular weight is 348 g/mol. The Morgan fingerprint density at radius 3 is 2.80 bits per heavy atom. The van der Waals surface area contributed by atoms with Crippen molar-refractivity contribution < 1.29 is 4.79 Å². The first-order chi connectivity index (χ1) is 12.3. The summed E-state index contributed by atoms with van der Waals surface area (Å²) in [6, 6.07) is 15.7. The summed E-state index contributed by atoms with van der Waals surface area (Å²) in [5.74, 6) is 0.761. The van der Waals surface area contributed by atoms with Gasteiger partial charge < -0.3 is 9.88 Å². The number of amides is 1. The molecule has 4 aromatic rings. The number of rotatable bonds is 5. The molecule has 1 aromatic carbocycles. The van der Waals surface area contributed by atoms with Crippen LogP contribution in [0.3, 0.4) is 0 Å². The number of hydrogen-bond acceptors (Lipinski definition) is 4. The van der Waals surface area contributed by atoms with E-state index in [1.807, 2.05) is 59.3 Å². The minimum Gasteiger partial charge on any atom is -0.350 e. The van der Waals surface area contributed by atoms with Crippen molar-refractivity contribution in [3.05, 3.63) is 72.0 Å². The highest BCUT2D eigenvalue weighted by Gasteiger charge is 2.10. The van der Waals surface area contributed by atoms with Crippen LogP contribution in [0.25, 0.3) is 21.6 Å². The normalized spacial score (nSPS) is 10.9. The highest BCUT2D eigenvalue weighted by molar-refractivity contribution is 7.20. The molecule has 1 N–H and O–H groups in total. The number of pyridine rings is 1. The van der Waals surface area contributed by atoms with Crippen LogP contribution in [0.1, 0.15) is 9.67 Å². The molecule has 1 amide bonds. The Morgan fingerprint density at radius 1 is 1.08 bits per heavy atom. The molecule has 0 aliphatic carbocycles. The van der Waals surface area contributed by atoms with Gasteiger partial charge in [-0.2, -0.15) is 0 Å². The Labute approximate surface area is 149 Å². The third-order valence-electron chi connectivity index (χ3n) is 3.90. The van der Waals surface area contributed by atoms with E-state index >= 15 is 0 Å². The number of imidazole rings is 1. The van der Waals surface area contributed by atoms with Crippen molar-refractivity contribution in [3.63, 3.8) is 0 Å². The molecule has 0 spiro atoms. The van der Waals surface area contributed by atoms with Crippen molar-refractivity contribution in [1.29, 1.82) is 0 Å². The van der Waals surface area contributed by atoms with Gasteiger partial charge in [0.25, 0.3) is 5.91 Å². The lowest BCUT2D eigenvalue weighted by Crippen LogP contribution is -2.26. The molecule has 0 atom stereocenters. The molecule has 0 radical (unpaired) electrons. The maximum Gasteiger partial charge on any atom is 0.261 e. The molecule has 0 saturated carbocycles. The van der Waals surface area contributed by atoms with E-state index in [1.54, 1.807) is 12.4 Å². The molecule has 6 heteroatoms. The van der Waals surface area contributed by atoms with Crippen LogP contribution in [-0.2, 0) is 6.54 Å². The predicted octanol–water partition coefficient (Wildman–Crippen LogP) is 3.59. The Hall–Kier alpha value is -2.99. The van der Waals surface area contributed by atoms with E-state index in [0.717, 1.165) is 26.5 Å². The third-order valence-corrected chi connectivity index (χ3v) is 5.01. The number of nitrogens with one attached hydrogen (secondary N) is 1. The molecular weight excluding hydrogens is 332 g/mol. The van der Waals surface area contributed by atoms with Crippen LogP contribution < -0.4 is 5.32 Å². The quantitative estimate of drug-likeness (QED) is 0.599. The number of nitrogens with zero attached hydrogens (tertiary/aromatic N) is 3. The van der Waals surface area contributed by atoms with Crippen LogP contribution in [-0.4, -0.2) is 27.0 Å². The van der Waals surface area contributed by atoms with Gasteiger partial charge in [0.2, 0.25) is 0 Å². The number of carbonyl (C=O) groups is 1. The zero-order valence-corrected chi connectivity index (χ0v) is 14.2. The minimum absolute atomic E-state index is 0.0410. The topological polar surface area (TPSA) is 59.8 Å². The molecule has 3 aromatic heterocycles. The van der Waals surface area contributed by atoms with Crippen molar-refractivity contribution in [3.8, 4) is 11.5 Å². The van der Waals surface area contributed by atoms with Gasteiger partial charge in [-0.1, -0.05) is 24.3 Å². The van der Waals surface area contributed by atoms with E-state index in [4.69, 9.17) is 0 Å². The van der Waals surface area contributed by atoms with Crippen LogP contribution in [0, 0.1) is 0 Å². The summed E-state index contributed by atoms with van der Waals surface area (Å²) < 4.78 is 3.12. The number of thiophene rings is 1. The van der Waals surface area contributed by atoms with Gasteiger partial charge in [0.05, 0.1) is 4.88 Å². The van der Waals surface area contributed by atoms with Gasteiger partial charge in [0.15, 0.2) is 5.82 Å². The van der Waals surface area contributed by atoms with Gasteiger partial charge >= 0.3 is 0 Å². The lowest BCUT2D eigenvalue weighted by molar-refractivity contribution is 0.0956. The third kappa shape index (κ3) is 3.29. The molecule has 0 aliphatic heterocycles. The highest BCUT2D eigenvalue weighted by atomic mass is 32.1. The molecule has 25 heavy (non-hydrogen) atoms. The number of fused-ring (bicyclic) bond motifs is 1. The lowest BCUT2D eigenvalue weighted by atomic mass is 10.2. The van der Waals surface area contributed by atoms with Crippen molar-refractivity contribution in [2.24, 2.45) is 0 Å². The van der Waals surface area contributed by atoms with Crippen molar-refractivity contribution >= 4 is 27.3 Å². The van der Waals surface area contributed by atoms with E-state index in [9.17, 15) is 4.79 Å². The van der Waals surface area contributed by atoms with Crippen LogP contribution in [0.2, 0.25) is 0 Å². The maximum atomic E-state index is 12.4. The average Bonchev–Trinajstić information content (AvgIpc) is 3.29. The molecule has 124 valence electrons. The summed E-state index contributed by atoms with van der Waals surface area (Å²) in [6.45, 7) is 1.17. The number of aromatic nitrogens is 3. The van der Waals surface area contributed by atoms with Crippen molar-refractivity contribution in [1.82, 2.24) is 19.9 Å². The van der Waals surface area contributed by atoms with Crippen LogP contribution >= 0.6 is 11.3 Å². The maximum absolute atomic E-state index is 12.4. The summed E-state index contributed by atoms with van der Waals surface area (Å²) in [7, 11) is 0. The Bertz CT molecular complexity index is 973. The fourth-order valence-electron chi connectivity index (χ4n) is 2.69. The zero-order chi connectivity index (χ0) is 17.1. The zero-order valence-electron chi connectivity index (χ0n) is 13.4. The smallest absolute Gasteiger partial charge is 0.261 e. The van der Waals surface area contributed by atoms with Crippen LogP contribution in [0.15, 0.2) is 67.1 Å². The largest absolute Gasteiger partial charge is 0.350 e. The Balaban J connectivity index is 1.41. The summed E-state index contributed by atoms with van der Waals surface area (Å²) in [5.41, 5.74) is 0.823. The molecule has 4 rings (SSSR count). The van der Waals surface area contributed by atoms with Crippen molar-refractivity contribution in [2.45, 2.75) is 6.54 Å². The summed E-state index contributed by atoms with van der Waals surface area (Å²) >= 11 is 1.51. The van der Waals surface area contributed by atoms with Gasteiger partial charge in [-0.05, 0) is 29.7 Å². The standard InChI is InChI=1S/C19H16N4OS/c24-19(17-13-14-5-1-2-7-16(14)25-17)22-10-12-23-11-9-21-18(23)15-6-3-4-8-20-15/h1-9,11,13H,10,12H2,(H,22,24). The van der Waals surface area contributed by atoms with E-state index in [0.29, 0.717) is 13.1 Å². The first-order valence-corrected chi connectivity index (χ1v) is 8.82. The van der Waals surface area contributed by atoms with Crippen LogP contribution in [0.5, 0.6) is 0 Å². The summed E-state index contributed by atoms with van der Waals surface area (Å²) in [5, 5.41) is 4.08. The highest BCUT2D eigenvalue weighted by Crippen LogP contribution is 2.25. The van der Waals surface area contributed by atoms with Gasteiger partial charge in [-0.25, -0.2) is 4.98 Å². The molecular formula is C19H16N4OS. The molecule has 0 bridgehead atoms. The molecule has 5 nitrogen and oxygen atoms in total. The molecule has 3 heterocycles. The van der Waals surface area contributed by atoms with E-state index in [-0.39, 0.29) is 5.91 Å². The van der Waals surface area contributed by atoms with E-state index in [1.165, 1.54) is 11.3 Å². The Morgan fingerprint density at radius 2 is 1.96 bits per heavy atom. The van der Waals surface area contributed by atoms with E-state index < -0.39 is 0 Å². The fourth-order valence-corrected chi connectivity index (χ4v) is 3.67. The predicted molar refractivity (Wildman–Crippen MR) is 99.6 cm³/mol. The first-order valence-electron chi connectivity index (χ1n) is 8.00.